The molecule has 2 atom stereocenters. The zero-order valence-corrected chi connectivity index (χ0v) is 14.5. The van der Waals surface area contributed by atoms with Gasteiger partial charge >= 0.3 is 0 Å². The Morgan fingerprint density at radius 3 is 3.00 bits per heavy atom. The van der Waals surface area contributed by atoms with E-state index in [4.69, 9.17) is 9.15 Å². The van der Waals surface area contributed by atoms with Gasteiger partial charge in [0.25, 0.3) is 5.91 Å². The van der Waals surface area contributed by atoms with E-state index in [1.165, 1.54) is 0 Å². The molecular weight excluding hydrogens is 316 g/mol. The zero-order chi connectivity index (χ0) is 17.4. The monoisotopic (exact) mass is 338 g/mol. The number of ether oxygens (including phenoxy) is 1. The van der Waals surface area contributed by atoms with Crippen molar-refractivity contribution in [3.05, 3.63) is 54.1 Å². The van der Waals surface area contributed by atoms with Crippen LogP contribution in [-0.4, -0.2) is 22.6 Å². The molecule has 0 aliphatic carbocycles. The molecule has 0 saturated heterocycles. The molecule has 1 aliphatic heterocycles. The van der Waals surface area contributed by atoms with E-state index in [0.717, 1.165) is 28.8 Å². The van der Waals surface area contributed by atoms with Gasteiger partial charge in [-0.3, -0.25) is 4.79 Å². The summed E-state index contributed by atoms with van der Waals surface area (Å²) >= 11 is 0. The van der Waals surface area contributed by atoms with Gasteiger partial charge in [0.15, 0.2) is 0 Å². The van der Waals surface area contributed by atoms with Crippen LogP contribution in [0.3, 0.4) is 0 Å². The number of rotatable bonds is 5. The Hall–Kier alpha value is -2.69. The van der Waals surface area contributed by atoms with Crippen LogP contribution < -0.4 is 10.1 Å². The van der Waals surface area contributed by atoms with Gasteiger partial charge in [0.1, 0.15) is 23.3 Å². The van der Waals surface area contributed by atoms with Gasteiger partial charge in [-0.05, 0) is 37.6 Å². The van der Waals surface area contributed by atoms with Crippen LogP contribution in [-0.2, 0) is 13.0 Å². The van der Waals surface area contributed by atoms with Gasteiger partial charge < -0.3 is 19.0 Å². The van der Waals surface area contributed by atoms with Crippen LogP contribution in [0.15, 0.2) is 47.1 Å². The predicted molar refractivity (Wildman–Crippen MR) is 96.0 cm³/mol. The number of benzene rings is 1. The van der Waals surface area contributed by atoms with Crippen LogP contribution >= 0.6 is 0 Å². The largest absolute Gasteiger partial charge is 0.486 e. The smallest absolute Gasteiger partial charge is 0.268 e. The lowest BCUT2D eigenvalue weighted by atomic mass is 10.2. The normalized spacial score (nSPS) is 17.3. The molecule has 3 heterocycles. The summed E-state index contributed by atoms with van der Waals surface area (Å²) in [7, 11) is 0. The molecule has 0 bridgehead atoms. The molecule has 4 rings (SSSR count). The fourth-order valence-electron chi connectivity index (χ4n) is 3.48. The predicted octanol–water partition coefficient (Wildman–Crippen LogP) is 3.77. The number of nitrogens with zero attached hydrogens (tertiary/aromatic N) is 1. The van der Waals surface area contributed by atoms with Crippen molar-refractivity contribution in [1.82, 2.24) is 9.88 Å². The van der Waals surface area contributed by atoms with Crippen molar-refractivity contribution < 1.29 is 13.9 Å². The minimum Gasteiger partial charge on any atom is -0.486 e. The minimum absolute atomic E-state index is 0.00857. The number of hydrogen-bond acceptors (Lipinski definition) is 3. The Balaban J connectivity index is 1.61. The van der Waals surface area contributed by atoms with E-state index in [0.29, 0.717) is 18.7 Å². The molecule has 25 heavy (non-hydrogen) atoms. The molecule has 5 heteroatoms. The van der Waals surface area contributed by atoms with Crippen LogP contribution in [0.1, 0.15) is 36.5 Å². The van der Waals surface area contributed by atoms with Gasteiger partial charge in [-0.25, -0.2) is 0 Å². The Kier molecular flexibility index (Phi) is 3.99. The van der Waals surface area contributed by atoms with Crippen molar-refractivity contribution in [2.24, 2.45) is 0 Å². The third-order valence-corrected chi connectivity index (χ3v) is 4.72. The van der Waals surface area contributed by atoms with Crippen LogP contribution in [0.5, 0.6) is 5.75 Å². The second kappa shape index (κ2) is 6.31. The van der Waals surface area contributed by atoms with E-state index in [-0.39, 0.29) is 18.1 Å². The maximum Gasteiger partial charge on any atom is 0.268 e. The van der Waals surface area contributed by atoms with Crippen molar-refractivity contribution in [2.45, 2.75) is 45.4 Å². The maximum absolute atomic E-state index is 12.9. The number of furan rings is 1. The first-order chi connectivity index (χ1) is 12.2. The molecule has 1 aliphatic rings. The fourth-order valence-corrected chi connectivity index (χ4v) is 3.48. The lowest BCUT2D eigenvalue weighted by molar-refractivity contribution is 0.0923. The molecule has 0 unspecified atom stereocenters. The number of aromatic nitrogens is 1. The molecule has 1 amide bonds. The number of carbonyl (C=O) groups excluding carboxylic acids is 1. The molecule has 130 valence electrons. The Morgan fingerprint density at radius 1 is 1.36 bits per heavy atom. The first-order valence-corrected chi connectivity index (χ1v) is 8.78. The fraction of sp³-hybridized carbons (Fsp3) is 0.350. The molecule has 3 aromatic rings. The molecule has 0 radical (unpaired) electrons. The van der Waals surface area contributed by atoms with Crippen molar-refractivity contribution in [1.29, 1.82) is 0 Å². The molecule has 2 aromatic heterocycles. The van der Waals surface area contributed by atoms with Gasteiger partial charge in [0.2, 0.25) is 0 Å². The van der Waals surface area contributed by atoms with Crippen molar-refractivity contribution in [3.8, 4) is 5.75 Å². The molecular formula is C20H22N2O3. The molecule has 0 fully saturated rings. The first-order valence-electron chi connectivity index (χ1n) is 8.78. The third-order valence-electron chi connectivity index (χ3n) is 4.72. The van der Waals surface area contributed by atoms with Crippen LogP contribution in [0.25, 0.3) is 10.9 Å². The van der Waals surface area contributed by atoms with E-state index in [2.05, 4.69) is 16.8 Å². The highest BCUT2D eigenvalue weighted by atomic mass is 16.5. The van der Waals surface area contributed by atoms with Crippen LogP contribution in [0.2, 0.25) is 0 Å². The van der Waals surface area contributed by atoms with E-state index in [1.54, 1.807) is 6.26 Å². The minimum atomic E-state index is -0.0574. The highest BCUT2D eigenvalue weighted by Gasteiger charge is 2.26. The van der Waals surface area contributed by atoms with Gasteiger partial charge in [0, 0.05) is 17.8 Å². The third kappa shape index (κ3) is 2.90. The number of amides is 1. The quantitative estimate of drug-likeness (QED) is 0.770. The second-order valence-electron chi connectivity index (χ2n) is 6.64. The lowest BCUT2D eigenvalue weighted by Crippen LogP contribution is -2.36. The SMILES string of the molecule is CC[C@H]1Cn2c(C(=O)N[C@@H](C)Cc3ccco3)cc3cccc(c32)O1. The summed E-state index contributed by atoms with van der Waals surface area (Å²) < 4.78 is 13.5. The summed E-state index contributed by atoms with van der Waals surface area (Å²) in [5.41, 5.74) is 1.70. The summed E-state index contributed by atoms with van der Waals surface area (Å²) in [6, 6.07) is 11.7. The van der Waals surface area contributed by atoms with Crippen molar-refractivity contribution in [2.75, 3.05) is 0 Å². The summed E-state index contributed by atoms with van der Waals surface area (Å²) in [5, 5.41) is 4.12. The second-order valence-corrected chi connectivity index (χ2v) is 6.64. The Bertz CT molecular complexity index is 895. The number of para-hydroxylation sites is 1. The first kappa shape index (κ1) is 15.8. The van der Waals surface area contributed by atoms with E-state index < -0.39 is 0 Å². The summed E-state index contributed by atoms with van der Waals surface area (Å²) in [6.07, 6.45) is 3.33. The van der Waals surface area contributed by atoms with Crippen molar-refractivity contribution >= 4 is 16.8 Å². The van der Waals surface area contributed by atoms with E-state index in [1.807, 2.05) is 43.3 Å². The Morgan fingerprint density at radius 2 is 2.24 bits per heavy atom. The van der Waals surface area contributed by atoms with E-state index >= 15 is 0 Å². The molecule has 1 N–H and O–H groups in total. The zero-order valence-electron chi connectivity index (χ0n) is 14.5. The molecule has 1 aromatic carbocycles. The standard InChI is InChI=1S/C20H22N2O3/c1-3-15-12-22-17(11-14-6-4-8-18(25-15)19(14)22)20(23)21-13(2)10-16-7-5-9-24-16/h4-9,11,13,15H,3,10,12H2,1-2H3,(H,21,23)/t13-,15-/m0/s1. The van der Waals surface area contributed by atoms with Gasteiger partial charge in [-0.1, -0.05) is 19.1 Å². The van der Waals surface area contributed by atoms with Gasteiger partial charge in [-0.2, -0.15) is 0 Å². The maximum atomic E-state index is 12.9. The summed E-state index contributed by atoms with van der Waals surface area (Å²) in [4.78, 5) is 12.9. The average molecular weight is 338 g/mol. The summed E-state index contributed by atoms with van der Waals surface area (Å²) in [6.45, 7) is 4.79. The van der Waals surface area contributed by atoms with Crippen LogP contribution in [0.4, 0.5) is 0 Å². The lowest BCUT2D eigenvalue weighted by Gasteiger charge is -2.26. The Labute approximate surface area is 146 Å². The number of nitrogens with one attached hydrogen (secondary N) is 1. The van der Waals surface area contributed by atoms with Crippen LogP contribution in [0, 0.1) is 0 Å². The highest BCUT2D eigenvalue weighted by molar-refractivity contribution is 6.00. The molecule has 0 saturated carbocycles. The number of hydrogen-bond donors (Lipinski definition) is 1. The molecule has 0 spiro atoms. The van der Waals surface area contributed by atoms with E-state index in [9.17, 15) is 4.79 Å². The average Bonchev–Trinajstić information content (AvgIpc) is 3.23. The highest BCUT2D eigenvalue weighted by Crippen LogP contribution is 2.34. The van der Waals surface area contributed by atoms with Crippen molar-refractivity contribution in [3.63, 3.8) is 0 Å². The summed E-state index contributed by atoms with van der Waals surface area (Å²) in [5.74, 6) is 1.67. The number of carbonyl (C=O) groups is 1. The molecule has 5 nitrogen and oxygen atoms in total. The van der Waals surface area contributed by atoms with Gasteiger partial charge in [0.05, 0.1) is 18.3 Å². The van der Waals surface area contributed by atoms with Gasteiger partial charge in [-0.15, -0.1) is 0 Å². The topological polar surface area (TPSA) is 56.4 Å².